The first-order valence-electron chi connectivity index (χ1n) is 25.8. The molecule has 22 heteroatoms. The molecule has 0 bridgehead atoms. The normalized spacial score (nSPS) is 32.3. The summed E-state index contributed by atoms with van der Waals surface area (Å²) in [6.07, 6.45) is -2.94. The van der Waals surface area contributed by atoms with Gasteiger partial charge in [-0.2, -0.15) is 0 Å². The van der Waals surface area contributed by atoms with Gasteiger partial charge in [-0.3, -0.25) is 29.1 Å². The fraction of sp³-hybridized carbons (Fsp3) is 0.698. The van der Waals surface area contributed by atoms with Crippen LogP contribution in [0.5, 0.6) is 11.5 Å². The van der Waals surface area contributed by atoms with Crippen LogP contribution in [-0.4, -0.2) is 166 Å². The number of esters is 2. The number of benzene rings is 1. The lowest BCUT2D eigenvalue weighted by Gasteiger charge is -2.48. The van der Waals surface area contributed by atoms with Crippen LogP contribution in [0, 0.1) is 29.6 Å². The fourth-order valence-corrected chi connectivity index (χ4v) is 10.8. The minimum atomic E-state index is -1.58. The van der Waals surface area contributed by atoms with Gasteiger partial charge in [-0.1, -0.05) is 57.8 Å². The number of carbonyl (C=O) groups excluding carboxylic acids is 5. The zero-order chi connectivity index (χ0) is 55.4. The number of hydrogen-bond donors (Lipinski definition) is 4. The number of ether oxygens (including phenoxy) is 9. The third-order valence-electron chi connectivity index (χ3n) is 15.2. The van der Waals surface area contributed by atoms with Crippen molar-refractivity contribution in [2.45, 2.75) is 142 Å². The fourth-order valence-electron chi connectivity index (χ4n) is 10.4. The molecule has 4 N–H and O–H groups in total. The third-order valence-corrected chi connectivity index (χ3v) is 15.8. The van der Waals surface area contributed by atoms with Crippen LogP contribution in [0.1, 0.15) is 98.4 Å². The number of nitrogens with zero attached hydrogens (tertiary/aromatic N) is 2. The molecule has 0 spiro atoms. The number of morpholine rings is 1. The standard InChI is InChI=1S/C53H79Cl2N5O15/c1-13-41-53(9,75-51(66)58-17-14-20-70-40-24-35(15-16-39(40)67-11)48(64)59-43-36(54)26-57-27-37(43)55)34(7)31(4)44(62)29(2)25-52(8,68-12)47(74-50-45(63)38(56-10)23-30(3)71-50)32(5)46(33(6)49(65)72-41)73-42(61)28-60-18-21-69-22-19-60/h15-16,24,26-27,29-34,38,41,45-47,50,56,63H,13-14,17-23,25,28H2,1-12H3,(H,58,66)(H,57,59,64)/t29-,30-,31-,32+,33-,34-,38+,41-,45-,46+,47-,50+,52-,53+/m1/s1. The van der Waals surface area contributed by atoms with Gasteiger partial charge >= 0.3 is 18.0 Å². The molecule has 20 nitrogen and oxygen atoms in total. The Morgan fingerprint density at radius 3 is 2.28 bits per heavy atom. The summed E-state index contributed by atoms with van der Waals surface area (Å²) in [4.78, 5) is 76.4. The number of aromatic nitrogens is 1. The Hall–Kier alpha value is -4.38. The number of alkyl carbamates (subject to hydrolysis) is 1. The van der Waals surface area contributed by atoms with Crippen LogP contribution >= 0.6 is 23.2 Å². The molecular weight excluding hydrogens is 1020 g/mol. The number of likely N-dealkylation sites (N-methyl/N-ethyl adjacent to an activating group) is 1. The number of aliphatic hydroxyl groups is 1. The molecule has 14 atom stereocenters. The molecule has 0 unspecified atom stereocenters. The van der Waals surface area contributed by atoms with Crippen molar-refractivity contribution < 1.29 is 71.7 Å². The Labute approximate surface area is 451 Å². The lowest BCUT2D eigenvalue weighted by Crippen LogP contribution is -2.60. The molecule has 420 valence electrons. The van der Waals surface area contributed by atoms with Gasteiger partial charge in [0.2, 0.25) is 0 Å². The van der Waals surface area contributed by atoms with Gasteiger partial charge in [-0.15, -0.1) is 0 Å². The SMILES string of the molecule is CC[C@H]1OC(=O)[C@H](C)[C@@H](OC(=O)CN2CCOCC2)[C@H](C)[C@@H](O[C@@H]2O[C@H](C)C[C@H](NC)[C@H]2O)[C@](C)(OC)C[C@@H](C)C(=O)[C@H](C)[C@@H](C)[C@]1(C)OC(=O)NCCCOc1cc(C(=O)Nc2c(Cl)cncc2Cl)ccc1OC. The lowest BCUT2D eigenvalue weighted by atomic mass is 9.71. The predicted octanol–water partition coefficient (Wildman–Crippen LogP) is 6.50. The van der Waals surface area contributed by atoms with Crippen molar-refractivity contribution in [2.75, 3.05) is 72.6 Å². The number of cyclic esters (lactones) is 1. The number of hydrogen-bond acceptors (Lipinski definition) is 18. The first-order valence-corrected chi connectivity index (χ1v) is 26.6. The maximum atomic E-state index is 14.8. The number of amides is 2. The highest BCUT2D eigenvalue weighted by molar-refractivity contribution is 6.39. The van der Waals surface area contributed by atoms with Gasteiger partial charge in [0.05, 0.1) is 72.9 Å². The summed E-state index contributed by atoms with van der Waals surface area (Å²) in [5, 5.41) is 20.5. The van der Waals surface area contributed by atoms with Crippen LogP contribution in [0.25, 0.3) is 0 Å². The summed E-state index contributed by atoms with van der Waals surface area (Å²) in [5.41, 5.74) is -2.45. The van der Waals surface area contributed by atoms with Gasteiger partial charge in [0.15, 0.2) is 23.4 Å². The zero-order valence-corrected chi connectivity index (χ0v) is 46.9. The summed E-state index contributed by atoms with van der Waals surface area (Å²) in [7, 11) is 4.71. The zero-order valence-electron chi connectivity index (χ0n) is 45.4. The van der Waals surface area contributed by atoms with Crippen molar-refractivity contribution >= 4 is 58.6 Å². The largest absolute Gasteiger partial charge is 0.493 e. The average Bonchev–Trinajstić information content (AvgIpc) is 3.39. The summed E-state index contributed by atoms with van der Waals surface area (Å²) < 4.78 is 55.4. The number of nitrogens with one attached hydrogen (secondary N) is 3. The second kappa shape index (κ2) is 27.8. The molecule has 2 aromatic rings. The summed E-state index contributed by atoms with van der Waals surface area (Å²) in [6, 6.07) is 4.26. The van der Waals surface area contributed by atoms with Gasteiger partial charge in [0.25, 0.3) is 5.91 Å². The van der Waals surface area contributed by atoms with E-state index >= 15 is 0 Å². The molecule has 3 fully saturated rings. The second-order valence-corrected chi connectivity index (χ2v) is 21.2. The van der Waals surface area contributed by atoms with E-state index in [-0.39, 0.29) is 83.9 Å². The number of rotatable bonds is 17. The topological polar surface area (TPSA) is 241 Å². The predicted molar refractivity (Wildman–Crippen MR) is 279 cm³/mol. The Kier molecular flexibility index (Phi) is 22.8. The number of anilines is 1. The van der Waals surface area contributed by atoms with Crippen molar-refractivity contribution in [3.8, 4) is 11.5 Å². The van der Waals surface area contributed by atoms with Crippen LogP contribution in [-0.2, 0) is 47.5 Å². The minimum absolute atomic E-state index is 0.0707. The Balaban J connectivity index is 1.39. The van der Waals surface area contributed by atoms with E-state index in [2.05, 4.69) is 20.9 Å². The van der Waals surface area contributed by atoms with Crippen LogP contribution in [0.15, 0.2) is 30.6 Å². The third kappa shape index (κ3) is 15.4. The number of ketones is 1. The highest BCUT2D eigenvalue weighted by Crippen LogP contribution is 2.42. The van der Waals surface area contributed by atoms with E-state index in [0.717, 1.165) is 0 Å². The minimum Gasteiger partial charge on any atom is -0.493 e. The maximum absolute atomic E-state index is 14.8. The molecule has 0 radical (unpaired) electrons. The number of Topliss-reactive ketones (excluding diaryl/α,β-unsaturated/α-hetero) is 1. The second-order valence-electron chi connectivity index (χ2n) is 20.4. The van der Waals surface area contributed by atoms with E-state index in [0.29, 0.717) is 38.5 Å². The molecule has 1 aromatic carbocycles. The number of aliphatic hydroxyl groups excluding tert-OH is 1. The lowest BCUT2D eigenvalue weighted by molar-refractivity contribution is -0.297. The summed E-state index contributed by atoms with van der Waals surface area (Å²) in [6.45, 7) is 17.8. The molecule has 1 aromatic heterocycles. The first kappa shape index (κ1) is 61.5. The summed E-state index contributed by atoms with van der Waals surface area (Å²) >= 11 is 12.4. The van der Waals surface area contributed by atoms with Gasteiger partial charge in [0, 0.05) is 74.4 Å². The van der Waals surface area contributed by atoms with E-state index in [4.69, 9.17) is 65.8 Å². The van der Waals surface area contributed by atoms with Crippen molar-refractivity contribution in [1.82, 2.24) is 20.5 Å². The van der Waals surface area contributed by atoms with Gasteiger partial charge in [0.1, 0.15) is 24.1 Å². The van der Waals surface area contributed by atoms with Crippen molar-refractivity contribution in [3.05, 3.63) is 46.2 Å². The molecule has 0 saturated carbocycles. The van der Waals surface area contributed by atoms with E-state index in [9.17, 15) is 29.1 Å². The van der Waals surface area contributed by atoms with Gasteiger partial charge < -0.3 is 63.7 Å². The highest BCUT2D eigenvalue weighted by Gasteiger charge is 2.54. The van der Waals surface area contributed by atoms with E-state index < -0.39 is 95.4 Å². The molecule has 3 aliphatic rings. The molecule has 5 rings (SSSR count). The maximum Gasteiger partial charge on any atom is 0.407 e. The Morgan fingerprint density at radius 2 is 1.65 bits per heavy atom. The van der Waals surface area contributed by atoms with Crippen molar-refractivity contribution in [1.29, 1.82) is 0 Å². The molecule has 4 heterocycles. The molecule has 75 heavy (non-hydrogen) atoms. The number of methoxy groups -OCH3 is 2. The molecule has 3 saturated heterocycles. The van der Waals surface area contributed by atoms with Crippen LogP contribution in [0.2, 0.25) is 10.0 Å². The van der Waals surface area contributed by atoms with E-state index in [1.54, 1.807) is 74.6 Å². The highest BCUT2D eigenvalue weighted by atomic mass is 35.5. The van der Waals surface area contributed by atoms with Crippen LogP contribution in [0.3, 0.4) is 0 Å². The van der Waals surface area contributed by atoms with Gasteiger partial charge in [-0.05, 0) is 78.6 Å². The number of carbonyl (C=O) groups is 5. The number of pyridine rings is 1. The average molecular weight is 1100 g/mol. The molecular formula is C53H79Cl2N5O15. The van der Waals surface area contributed by atoms with Crippen LogP contribution < -0.4 is 25.4 Å². The van der Waals surface area contributed by atoms with E-state index in [1.807, 2.05) is 11.8 Å². The first-order chi connectivity index (χ1) is 35.5. The monoisotopic (exact) mass is 1100 g/mol. The Morgan fingerprint density at radius 1 is 0.973 bits per heavy atom. The van der Waals surface area contributed by atoms with Crippen LogP contribution in [0.4, 0.5) is 10.5 Å². The van der Waals surface area contributed by atoms with Crippen molar-refractivity contribution in [3.63, 3.8) is 0 Å². The smallest absolute Gasteiger partial charge is 0.407 e. The summed E-state index contributed by atoms with van der Waals surface area (Å²) in [5.74, 6) is -5.53. The van der Waals surface area contributed by atoms with Gasteiger partial charge in [-0.25, -0.2) is 4.79 Å². The quantitative estimate of drug-likeness (QED) is 0.0751. The molecule has 3 aliphatic heterocycles. The number of halogens is 2. The molecule has 0 aliphatic carbocycles. The molecule has 2 amide bonds. The van der Waals surface area contributed by atoms with E-state index in [1.165, 1.54) is 32.7 Å². The Bertz CT molecular complexity index is 2240. The van der Waals surface area contributed by atoms with Crippen molar-refractivity contribution in [2.24, 2.45) is 29.6 Å².